The number of benzene rings is 1. The molecule has 1 aromatic carbocycles. The van der Waals surface area contributed by atoms with Crippen molar-refractivity contribution in [1.82, 2.24) is 0 Å². The van der Waals surface area contributed by atoms with Crippen LogP contribution in [0.4, 0.5) is 4.39 Å². The first-order valence-corrected chi connectivity index (χ1v) is 6.31. The van der Waals surface area contributed by atoms with Crippen molar-refractivity contribution in [1.29, 1.82) is 0 Å². The molecule has 2 N–H and O–H groups in total. The van der Waals surface area contributed by atoms with Crippen molar-refractivity contribution in [2.75, 3.05) is 13.7 Å². The molecule has 1 aromatic rings. The Morgan fingerprint density at radius 3 is 2.74 bits per heavy atom. The van der Waals surface area contributed by atoms with E-state index in [-0.39, 0.29) is 18.2 Å². The monoisotopic (exact) mass is 267 g/mol. The minimum Gasteiger partial charge on any atom is -0.496 e. The average molecular weight is 267 g/mol. The summed E-state index contributed by atoms with van der Waals surface area (Å²) in [6.45, 7) is 1.98. The summed E-state index contributed by atoms with van der Waals surface area (Å²) in [6.07, 6.45) is 0.756. The molecule has 0 amide bonds. The molecular formula is C14H18FNO3. The van der Waals surface area contributed by atoms with Crippen LogP contribution < -0.4 is 10.5 Å². The van der Waals surface area contributed by atoms with Crippen molar-refractivity contribution in [3.63, 3.8) is 0 Å². The minimum absolute atomic E-state index is 0.117. The van der Waals surface area contributed by atoms with Crippen LogP contribution in [0.3, 0.4) is 0 Å². The first kappa shape index (κ1) is 13.8. The maximum absolute atomic E-state index is 14.2. The van der Waals surface area contributed by atoms with Gasteiger partial charge in [-0.25, -0.2) is 4.39 Å². The van der Waals surface area contributed by atoms with Crippen LogP contribution in [0, 0.1) is 5.82 Å². The summed E-state index contributed by atoms with van der Waals surface area (Å²) in [5.41, 5.74) is 5.05. The summed E-state index contributed by atoms with van der Waals surface area (Å²) >= 11 is 0. The number of hydrogen-bond donors (Lipinski definition) is 1. The molecular weight excluding hydrogens is 249 g/mol. The number of ether oxygens (including phenoxy) is 2. The lowest BCUT2D eigenvalue weighted by atomic mass is 9.61. The Morgan fingerprint density at radius 1 is 1.53 bits per heavy atom. The molecule has 0 aromatic heterocycles. The van der Waals surface area contributed by atoms with Gasteiger partial charge in [-0.15, -0.1) is 0 Å². The van der Waals surface area contributed by atoms with Gasteiger partial charge in [0.2, 0.25) is 0 Å². The van der Waals surface area contributed by atoms with Crippen LogP contribution in [0.1, 0.15) is 25.3 Å². The molecule has 1 saturated carbocycles. The summed E-state index contributed by atoms with van der Waals surface area (Å²) in [5, 5.41) is 0. The number of nitrogens with two attached hydrogens (primary N) is 1. The van der Waals surface area contributed by atoms with E-state index in [2.05, 4.69) is 0 Å². The second-order valence-electron chi connectivity index (χ2n) is 4.79. The molecule has 0 atom stereocenters. The van der Waals surface area contributed by atoms with Crippen LogP contribution in [0.5, 0.6) is 5.75 Å². The Labute approximate surface area is 111 Å². The van der Waals surface area contributed by atoms with Gasteiger partial charge in [-0.3, -0.25) is 4.79 Å². The quantitative estimate of drug-likeness (QED) is 0.844. The lowest BCUT2D eigenvalue weighted by Gasteiger charge is -2.44. The zero-order valence-corrected chi connectivity index (χ0v) is 11.1. The molecule has 0 heterocycles. The lowest BCUT2D eigenvalue weighted by molar-refractivity contribution is -0.154. The summed E-state index contributed by atoms with van der Waals surface area (Å²) in [4.78, 5) is 12.2. The van der Waals surface area contributed by atoms with Crippen molar-refractivity contribution < 1.29 is 18.7 Å². The van der Waals surface area contributed by atoms with E-state index in [0.717, 1.165) is 0 Å². The Hall–Kier alpha value is -1.62. The maximum Gasteiger partial charge on any atom is 0.316 e. The summed E-state index contributed by atoms with van der Waals surface area (Å²) < 4.78 is 24.4. The van der Waals surface area contributed by atoms with Gasteiger partial charge in [-0.1, -0.05) is 6.07 Å². The van der Waals surface area contributed by atoms with Gasteiger partial charge in [0.15, 0.2) is 0 Å². The molecule has 0 bridgehead atoms. The van der Waals surface area contributed by atoms with E-state index in [1.54, 1.807) is 19.1 Å². The molecule has 0 saturated heterocycles. The van der Waals surface area contributed by atoms with Crippen LogP contribution in [0.15, 0.2) is 18.2 Å². The highest BCUT2D eigenvalue weighted by atomic mass is 19.1. The van der Waals surface area contributed by atoms with E-state index < -0.39 is 17.2 Å². The fraction of sp³-hybridized carbons (Fsp3) is 0.500. The van der Waals surface area contributed by atoms with Crippen molar-refractivity contribution in [2.24, 2.45) is 5.73 Å². The van der Waals surface area contributed by atoms with Gasteiger partial charge in [-0.05, 0) is 31.9 Å². The van der Waals surface area contributed by atoms with Crippen LogP contribution in [0.25, 0.3) is 0 Å². The van der Waals surface area contributed by atoms with Crippen LogP contribution in [-0.2, 0) is 14.9 Å². The minimum atomic E-state index is -1.01. The molecule has 0 unspecified atom stereocenters. The van der Waals surface area contributed by atoms with E-state index in [1.807, 2.05) is 0 Å². The predicted octanol–water partition coefficient (Wildman–Crippen LogP) is 1.76. The molecule has 0 radical (unpaired) electrons. The molecule has 1 aliphatic carbocycles. The van der Waals surface area contributed by atoms with Gasteiger partial charge in [0.05, 0.1) is 13.7 Å². The molecule has 0 aliphatic heterocycles. The number of hydrogen-bond acceptors (Lipinski definition) is 4. The number of carbonyl (C=O) groups excluding carboxylic acids is 1. The molecule has 0 spiro atoms. The third-order valence-electron chi connectivity index (χ3n) is 3.56. The van der Waals surface area contributed by atoms with Gasteiger partial charge >= 0.3 is 5.97 Å². The second kappa shape index (κ2) is 5.17. The average Bonchev–Trinajstić information content (AvgIpc) is 2.35. The molecule has 1 aliphatic rings. The van der Waals surface area contributed by atoms with Crippen LogP contribution >= 0.6 is 0 Å². The Balaban J connectivity index is 2.49. The summed E-state index contributed by atoms with van der Waals surface area (Å²) in [7, 11) is 1.45. The van der Waals surface area contributed by atoms with E-state index in [0.29, 0.717) is 18.6 Å². The van der Waals surface area contributed by atoms with E-state index >= 15 is 0 Å². The standard InChI is InChI=1S/C14H18FNO3/c1-3-19-13(17)14(7-9(16)8-14)12-10(15)5-4-6-11(12)18-2/h4-6,9H,3,7-8,16H2,1-2H3. The fourth-order valence-electron chi connectivity index (χ4n) is 2.72. The SMILES string of the molecule is CCOC(=O)C1(c2c(F)cccc2OC)CC(N)C1. The van der Waals surface area contributed by atoms with E-state index in [1.165, 1.54) is 13.2 Å². The highest BCUT2D eigenvalue weighted by Crippen LogP contribution is 2.48. The van der Waals surface area contributed by atoms with Crippen molar-refractivity contribution in [3.05, 3.63) is 29.6 Å². The number of carbonyl (C=O) groups is 1. The molecule has 5 heteroatoms. The Bertz CT molecular complexity index is 484. The van der Waals surface area contributed by atoms with E-state index in [9.17, 15) is 9.18 Å². The van der Waals surface area contributed by atoms with Gasteiger partial charge in [0, 0.05) is 11.6 Å². The normalized spacial score (nSPS) is 25.6. The first-order valence-electron chi connectivity index (χ1n) is 6.31. The van der Waals surface area contributed by atoms with Crippen molar-refractivity contribution in [2.45, 2.75) is 31.2 Å². The Kier molecular flexibility index (Phi) is 3.75. The first-order chi connectivity index (χ1) is 9.05. The molecule has 2 rings (SSSR count). The second-order valence-corrected chi connectivity index (χ2v) is 4.79. The molecule has 4 nitrogen and oxygen atoms in total. The predicted molar refractivity (Wildman–Crippen MR) is 68.5 cm³/mol. The molecule has 1 fully saturated rings. The summed E-state index contributed by atoms with van der Waals surface area (Å²) in [5.74, 6) is -0.528. The lowest BCUT2D eigenvalue weighted by Crippen LogP contribution is -2.55. The fourth-order valence-corrected chi connectivity index (χ4v) is 2.72. The van der Waals surface area contributed by atoms with E-state index in [4.69, 9.17) is 15.2 Å². The van der Waals surface area contributed by atoms with Gasteiger partial charge in [0.1, 0.15) is 17.0 Å². The topological polar surface area (TPSA) is 61.5 Å². The summed E-state index contributed by atoms with van der Waals surface area (Å²) in [6, 6.07) is 4.40. The highest BCUT2D eigenvalue weighted by molar-refractivity contribution is 5.86. The van der Waals surface area contributed by atoms with Crippen LogP contribution in [0.2, 0.25) is 0 Å². The third kappa shape index (κ3) is 2.18. The Morgan fingerprint density at radius 2 is 2.21 bits per heavy atom. The highest BCUT2D eigenvalue weighted by Gasteiger charge is 2.54. The number of esters is 1. The largest absolute Gasteiger partial charge is 0.496 e. The van der Waals surface area contributed by atoms with Gasteiger partial charge in [0.25, 0.3) is 0 Å². The molecule has 19 heavy (non-hydrogen) atoms. The third-order valence-corrected chi connectivity index (χ3v) is 3.56. The maximum atomic E-state index is 14.2. The number of halogens is 1. The molecule has 104 valence electrons. The van der Waals surface area contributed by atoms with Crippen molar-refractivity contribution in [3.8, 4) is 5.75 Å². The van der Waals surface area contributed by atoms with Gasteiger partial charge in [-0.2, -0.15) is 0 Å². The zero-order valence-electron chi connectivity index (χ0n) is 11.1. The van der Waals surface area contributed by atoms with Crippen molar-refractivity contribution >= 4 is 5.97 Å². The van der Waals surface area contributed by atoms with Gasteiger partial charge < -0.3 is 15.2 Å². The number of methoxy groups -OCH3 is 1. The smallest absolute Gasteiger partial charge is 0.316 e. The number of rotatable bonds is 4. The zero-order chi connectivity index (χ0) is 14.0. The van der Waals surface area contributed by atoms with Crippen LogP contribution in [-0.4, -0.2) is 25.7 Å².